The minimum Gasteiger partial charge on any atom is -0.289 e. The van der Waals surface area contributed by atoms with Gasteiger partial charge in [-0.15, -0.1) is 0 Å². The lowest BCUT2D eigenvalue weighted by Crippen LogP contribution is -1.97. The second-order valence-corrected chi connectivity index (χ2v) is 4.45. The molecule has 88 valence electrons. The number of hydrogen-bond donors (Lipinski definition) is 0. The first-order valence-electron chi connectivity index (χ1n) is 6.25. The Labute approximate surface area is 107 Å². The van der Waals surface area contributed by atoms with E-state index in [0.717, 1.165) is 28.7 Å². The Bertz CT molecular complexity index is 636. The number of rotatable bonds is 2. The van der Waals surface area contributed by atoms with Gasteiger partial charge in [-0.05, 0) is 23.1 Å². The summed E-state index contributed by atoms with van der Waals surface area (Å²) in [5.74, 6) is 0.161. The van der Waals surface area contributed by atoms with E-state index < -0.39 is 0 Å². The van der Waals surface area contributed by atoms with Crippen LogP contribution < -0.4 is 0 Å². The molecule has 0 saturated heterocycles. The molecule has 0 aliphatic heterocycles. The predicted molar refractivity (Wildman–Crippen MR) is 74.3 cm³/mol. The van der Waals surface area contributed by atoms with Gasteiger partial charge < -0.3 is 0 Å². The molecule has 0 unspecified atom stereocenters. The van der Waals surface area contributed by atoms with Crippen molar-refractivity contribution in [1.29, 1.82) is 0 Å². The van der Waals surface area contributed by atoms with Gasteiger partial charge in [0.2, 0.25) is 0 Å². The number of carbonyl (C=O) groups excluding carboxylic acids is 1. The highest BCUT2D eigenvalue weighted by atomic mass is 16.1. The Morgan fingerprint density at radius 2 is 1.44 bits per heavy atom. The molecule has 2 aromatic rings. The van der Waals surface area contributed by atoms with E-state index in [-0.39, 0.29) is 5.78 Å². The van der Waals surface area contributed by atoms with E-state index in [1.54, 1.807) is 0 Å². The molecule has 1 nitrogen and oxygen atoms in total. The normalized spacial score (nSPS) is 13.9. The Kier molecular flexibility index (Phi) is 2.60. The van der Waals surface area contributed by atoms with E-state index in [1.165, 1.54) is 5.57 Å². The topological polar surface area (TPSA) is 17.1 Å². The minimum atomic E-state index is 0.161. The van der Waals surface area contributed by atoms with Crippen molar-refractivity contribution in [3.05, 3.63) is 71.3 Å². The van der Waals surface area contributed by atoms with E-state index in [4.69, 9.17) is 0 Å². The maximum absolute atomic E-state index is 12.5. The van der Waals surface area contributed by atoms with E-state index in [0.29, 0.717) is 0 Å². The number of fused-ring (bicyclic) bond motifs is 1. The summed E-state index contributed by atoms with van der Waals surface area (Å²) in [6.45, 7) is 2.10. The Morgan fingerprint density at radius 3 is 2.11 bits per heavy atom. The van der Waals surface area contributed by atoms with Crippen molar-refractivity contribution in [2.24, 2.45) is 0 Å². The fourth-order valence-corrected chi connectivity index (χ4v) is 2.63. The first-order chi connectivity index (χ1) is 8.83. The molecule has 1 aliphatic carbocycles. The van der Waals surface area contributed by atoms with E-state index in [2.05, 4.69) is 6.92 Å². The molecule has 0 spiro atoms. The SMILES string of the molecule is CCC1=C(c2ccccc2)C(=O)c2ccccc21. The lowest BCUT2D eigenvalue weighted by Gasteiger charge is -2.04. The summed E-state index contributed by atoms with van der Waals surface area (Å²) < 4.78 is 0. The van der Waals surface area contributed by atoms with Gasteiger partial charge in [0.05, 0.1) is 0 Å². The van der Waals surface area contributed by atoms with Gasteiger partial charge in [-0.25, -0.2) is 0 Å². The summed E-state index contributed by atoms with van der Waals surface area (Å²) in [6.07, 6.45) is 0.882. The third kappa shape index (κ3) is 1.52. The standard InChI is InChI=1S/C17H14O/c1-2-13-14-10-6-7-11-15(14)17(18)16(13)12-8-4-3-5-9-12/h3-11H,2H2,1H3. The lowest BCUT2D eigenvalue weighted by atomic mass is 9.98. The van der Waals surface area contributed by atoms with Crippen molar-refractivity contribution in [1.82, 2.24) is 0 Å². The largest absolute Gasteiger partial charge is 0.289 e. The quantitative estimate of drug-likeness (QED) is 0.761. The van der Waals surface area contributed by atoms with E-state index >= 15 is 0 Å². The number of Topliss-reactive ketones (excluding diaryl/α,β-unsaturated/α-hetero) is 1. The molecular weight excluding hydrogens is 220 g/mol. The number of benzene rings is 2. The fourth-order valence-electron chi connectivity index (χ4n) is 2.63. The monoisotopic (exact) mass is 234 g/mol. The average molecular weight is 234 g/mol. The van der Waals surface area contributed by atoms with Crippen LogP contribution in [0.25, 0.3) is 11.1 Å². The third-order valence-corrected chi connectivity index (χ3v) is 3.44. The van der Waals surface area contributed by atoms with Gasteiger partial charge in [0.25, 0.3) is 0 Å². The molecule has 0 aromatic heterocycles. The maximum atomic E-state index is 12.5. The Hall–Kier alpha value is -2.15. The van der Waals surface area contributed by atoms with Crippen LogP contribution in [0.15, 0.2) is 54.6 Å². The lowest BCUT2D eigenvalue weighted by molar-refractivity contribution is 0.105. The van der Waals surface area contributed by atoms with E-state index in [1.807, 2.05) is 54.6 Å². The molecule has 0 N–H and O–H groups in total. The molecule has 3 rings (SSSR count). The van der Waals surface area contributed by atoms with Gasteiger partial charge in [0, 0.05) is 11.1 Å². The molecule has 18 heavy (non-hydrogen) atoms. The van der Waals surface area contributed by atoms with Crippen LogP contribution in [-0.2, 0) is 0 Å². The zero-order chi connectivity index (χ0) is 12.5. The molecular formula is C17H14O. The number of allylic oxidation sites excluding steroid dienone is 2. The molecule has 2 aromatic carbocycles. The number of carbonyl (C=O) groups is 1. The van der Waals surface area contributed by atoms with Crippen molar-refractivity contribution in [2.75, 3.05) is 0 Å². The smallest absolute Gasteiger partial charge is 0.194 e. The van der Waals surface area contributed by atoms with Crippen molar-refractivity contribution >= 4 is 16.9 Å². The first kappa shape index (κ1) is 11.0. The van der Waals surface area contributed by atoms with Crippen LogP contribution in [-0.4, -0.2) is 5.78 Å². The molecule has 0 heterocycles. The zero-order valence-electron chi connectivity index (χ0n) is 10.3. The molecule has 0 radical (unpaired) electrons. The van der Waals surface area contributed by atoms with Gasteiger partial charge in [0.1, 0.15) is 0 Å². The molecule has 0 amide bonds. The summed E-state index contributed by atoms with van der Waals surface area (Å²) in [6, 6.07) is 17.8. The molecule has 1 heteroatoms. The number of ketones is 1. The van der Waals surface area contributed by atoms with Crippen molar-refractivity contribution < 1.29 is 4.79 Å². The highest BCUT2D eigenvalue weighted by Gasteiger charge is 2.28. The van der Waals surface area contributed by atoms with Gasteiger partial charge in [-0.3, -0.25) is 4.79 Å². The predicted octanol–water partition coefficient (Wildman–Crippen LogP) is 4.20. The second kappa shape index (κ2) is 4.26. The van der Waals surface area contributed by atoms with Gasteiger partial charge in [-0.2, -0.15) is 0 Å². The summed E-state index contributed by atoms with van der Waals surface area (Å²) in [5.41, 5.74) is 5.01. The van der Waals surface area contributed by atoms with Gasteiger partial charge >= 0.3 is 0 Å². The van der Waals surface area contributed by atoms with E-state index in [9.17, 15) is 4.79 Å². The van der Waals surface area contributed by atoms with Gasteiger partial charge in [0.15, 0.2) is 5.78 Å². The third-order valence-electron chi connectivity index (χ3n) is 3.44. The van der Waals surface area contributed by atoms with Crippen LogP contribution in [0, 0.1) is 0 Å². The Balaban J connectivity index is 2.24. The molecule has 0 saturated carbocycles. The van der Waals surface area contributed by atoms with Crippen LogP contribution >= 0.6 is 0 Å². The fraction of sp³-hybridized carbons (Fsp3) is 0.118. The summed E-state index contributed by atoms with van der Waals surface area (Å²) in [7, 11) is 0. The van der Waals surface area contributed by atoms with Crippen LogP contribution in [0.1, 0.15) is 34.8 Å². The van der Waals surface area contributed by atoms with Crippen LogP contribution in [0.4, 0.5) is 0 Å². The molecule has 0 fully saturated rings. The first-order valence-corrected chi connectivity index (χ1v) is 6.25. The summed E-state index contributed by atoms with van der Waals surface area (Å²) >= 11 is 0. The zero-order valence-corrected chi connectivity index (χ0v) is 10.3. The van der Waals surface area contributed by atoms with Gasteiger partial charge in [-0.1, -0.05) is 61.5 Å². The second-order valence-electron chi connectivity index (χ2n) is 4.45. The minimum absolute atomic E-state index is 0.161. The van der Waals surface area contributed by atoms with Crippen LogP contribution in [0.3, 0.4) is 0 Å². The average Bonchev–Trinajstić information content (AvgIpc) is 2.73. The molecule has 0 atom stereocenters. The van der Waals surface area contributed by atoms with Crippen molar-refractivity contribution in [3.63, 3.8) is 0 Å². The summed E-state index contributed by atoms with van der Waals surface area (Å²) in [4.78, 5) is 12.5. The highest BCUT2D eigenvalue weighted by molar-refractivity contribution is 6.39. The van der Waals surface area contributed by atoms with Crippen molar-refractivity contribution in [2.45, 2.75) is 13.3 Å². The highest BCUT2D eigenvalue weighted by Crippen LogP contribution is 2.39. The molecule has 1 aliphatic rings. The van der Waals surface area contributed by atoms with Crippen LogP contribution in [0.2, 0.25) is 0 Å². The summed E-state index contributed by atoms with van der Waals surface area (Å²) in [5, 5.41) is 0. The molecule has 0 bridgehead atoms. The Morgan fingerprint density at radius 1 is 0.833 bits per heavy atom. The number of hydrogen-bond acceptors (Lipinski definition) is 1. The van der Waals surface area contributed by atoms with Crippen molar-refractivity contribution in [3.8, 4) is 0 Å². The van der Waals surface area contributed by atoms with Crippen LogP contribution in [0.5, 0.6) is 0 Å². The maximum Gasteiger partial charge on any atom is 0.194 e.